The summed E-state index contributed by atoms with van der Waals surface area (Å²) in [5.41, 5.74) is 0.203. The first-order valence-corrected chi connectivity index (χ1v) is 6.28. The van der Waals surface area contributed by atoms with Crippen molar-refractivity contribution in [2.24, 2.45) is 0 Å². The first-order valence-electron chi connectivity index (χ1n) is 6.28. The maximum absolute atomic E-state index is 11.6. The Labute approximate surface area is 117 Å². The molecule has 1 aromatic rings. The normalized spacial score (nSPS) is 22.9. The number of fused-ring (bicyclic) bond motifs is 1. The van der Waals surface area contributed by atoms with Gasteiger partial charge in [-0.05, 0) is 32.0 Å². The molecule has 1 aliphatic heterocycles. The molecular weight excluding hydrogens is 258 g/mol. The second-order valence-electron chi connectivity index (χ2n) is 5.22. The van der Waals surface area contributed by atoms with Gasteiger partial charge < -0.3 is 20.5 Å². The molecular formula is C14H17N3O3. The number of urea groups is 1. The van der Waals surface area contributed by atoms with E-state index in [9.17, 15) is 9.90 Å². The SMILES string of the molecule is CNC(=O)N[C@@H]1c2cc(C#N)ccc2OC(C)(C)[C@H]1O. The first-order chi connectivity index (χ1) is 9.39. The molecule has 3 N–H and O–H groups in total. The third kappa shape index (κ3) is 2.40. The van der Waals surface area contributed by atoms with Gasteiger partial charge in [0.15, 0.2) is 0 Å². The van der Waals surface area contributed by atoms with Crippen molar-refractivity contribution in [2.75, 3.05) is 7.05 Å². The second kappa shape index (κ2) is 5.02. The minimum Gasteiger partial charge on any atom is -0.485 e. The maximum Gasteiger partial charge on any atom is 0.315 e. The van der Waals surface area contributed by atoms with E-state index in [4.69, 9.17) is 10.00 Å². The Kier molecular flexibility index (Phi) is 3.55. The molecule has 0 radical (unpaired) electrons. The fourth-order valence-electron chi connectivity index (χ4n) is 2.24. The Morgan fingerprint density at radius 1 is 1.50 bits per heavy atom. The predicted octanol–water partition coefficient (Wildman–Crippen LogP) is 1.06. The molecule has 0 aromatic heterocycles. The molecule has 0 aliphatic carbocycles. The third-order valence-corrected chi connectivity index (χ3v) is 3.39. The zero-order valence-electron chi connectivity index (χ0n) is 11.6. The summed E-state index contributed by atoms with van der Waals surface area (Å²) >= 11 is 0. The lowest BCUT2D eigenvalue weighted by Crippen LogP contribution is -2.54. The molecule has 2 atom stereocenters. The fourth-order valence-corrected chi connectivity index (χ4v) is 2.24. The van der Waals surface area contributed by atoms with Crippen LogP contribution in [0.1, 0.15) is 31.0 Å². The van der Waals surface area contributed by atoms with Gasteiger partial charge in [0, 0.05) is 12.6 Å². The van der Waals surface area contributed by atoms with Crippen LogP contribution in [0.15, 0.2) is 18.2 Å². The summed E-state index contributed by atoms with van der Waals surface area (Å²) < 4.78 is 5.75. The molecule has 2 amide bonds. The molecule has 20 heavy (non-hydrogen) atoms. The molecule has 106 valence electrons. The van der Waals surface area contributed by atoms with Gasteiger partial charge in [0.05, 0.1) is 17.7 Å². The van der Waals surface area contributed by atoms with E-state index in [1.807, 2.05) is 6.07 Å². The maximum atomic E-state index is 11.6. The highest BCUT2D eigenvalue weighted by Crippen LogP contribution is 2.40. The number of hydrogen-bond donors (Lipinski definition) is 3. The molecule has 0 unspecified atom stereocenters. The number of carbonyl (C=O) groups excluding carboxylic acids is 1. The van der Waals surface area contributed by atoms with Gasteiger partial charge in [0.25, 0.3) is 0 Å². The highest BCUT2D eigenvalue weighted by atomic mass is 16.5. The van der Waals surface area contributed by atoms with Crippen molar-refractivity contribution in [2.45, 2.75) is 31.6 Å². The van der Waals surface area contributed by atoms with Gasteiger partial charge in [-0.1, -0.05) is 0 Å². The monoisotopic (exact) mass is 275 g/mol. The molecule has 1 aliphatic rings. The first kappa shape index (κ1) is 14.2. The van der Waals surface area contributed by atoms with E-state index in [2.05, 4.69) is 10.6 Å². The largest absolute Gasteiger partial charge is 0.485 e. The number of carbonyl (C=O) groups is 1. The molecule has 0 saturated carbocycles. The van der Waals surface area contributed by atoms with Crippen LogP contribution in [0.25, 0.3) is 0 Å². The smallest absolute Gasteiger partial charge is 0.315 e. The van der Waals surface area contributed by atoms with Crippen LogP contribution in [0, 0.1) is 11.3 Å². The molecule has 0 spiro atoms. The van der Waals surface area contributed by atoms with Crippen molar-refractivity contribution in [3.63, 3.8) is 0 Å². The summed E-state index contributed by atoms with van der Waals surface area (Å²) in [6, 6.07) is 5.94. The minimum absolute atomic E-state index is 0.403. The Morgan fingerprint density at radius 3 is 2.80 bits per heavy atom. The minimum atomic E-state index is -0.929. The molecule has 0 bridgehead atoms. The topological polar surface area (TPSA) is 94.4 Å². The molecule has 0 fully saturated rings. The van der Waals surface area contributed by atoms with Crippen LogP contribution >= 0.6 is 0 Å². The van der Waals surface area contributed by atoms with Crippen LogP contribution in [-0.2, 0) is 0 Å². The highest BCUT2D eigenvalue weighted by molar-refractivity contribution is 5.74. The molecule has 2 rings (SSSR count). The highest BCUT2D eigenvalue weighted by Gasteiger charge is 2.43. The van der Waals surface area contributed by atoms with Gasteiger partial charge in [-0.3, -0.25) is 0 Å². The van der Waals surface area contributed by atoms with Gasteiger partial charge >= 0.3 is 6.03 Å². The molecule has 1 heterocycles. The van der Waals surface area contributed by atoms with E-state index in [0.29, 0.717) is 16.9 Å². The summed E-state index contributed by atoms with van der Waals surface area (Å²) in [4.78, 5) is 11.6. The van der Waals surface area contributed by atoms with E-state index in [1.54, 1.807) is 32.0 Å². The van der Waals surface area contributed by atoms with Crippen LogP contribution in [-0.4, -0.2) is 29.9 Å². The van der Waals surface area contributed by atoms with Crippen molar-refractivity contribution >= 4 is 6.03 Å². The van der Waals surface area contributed by atoms with E-state index in [0.717, 1.165) is 0 Å². The van der Waals surface area contributed by atoms with Crippen LogP contribution in [0.2, 0.25) is 0 Å². The number of hydrogen-bond acceptors (Lipinski definition) is 4. The van der Waals surface area contributed by atoms with Crippen molar-refractivity contribution in [3.8, 4) is 11.8 Å². The summed E-state index contributed by atoms with van der Waals surface area (Å²) in [5, 5.41) is 24.5. The van der Waals surface area contributed by atoms with E-state index in [-0.39, 0.29) is 0 Å². The fraction of sp³-hybridized carbons (Fsp3) is 0.429. The average molecular weight is 275 g/mol. The van der Waals surface area contributed by atoms with Crippen molar-refractivity contribution < 1.29 is 14.6 Å². The Hall–Kier alpha value is -2.26. The number of rotatable bonds is 1. The van der Waals surface area contributed by atoms with Crippen molar-refractivity contribution in [3.05, 3.63) is 29.3 Å². The number of amides is 2. The van der Waals surface area contributed by atoms with Crippen LogP contribution in [0.4, 0.5) is 4.79 Å². The van der Waals surface area contributed by atoms with Gasteiger partial charge in [-0.15, -0.1) is 0 Å². The lowest BCUT2D eigenvalue weighted by molar-refractivity contribution is -0.0620. The number of benzene rings is 1. The predicted molar refractivity (Wildman–Crippen MR) is 72.2 cm³/mol. The van der Waals surface area contributed by atoms with E-state index < -0.39 is 23.8 Å². The molecule has 1 aromatic carbocycles. The lowest BCUT2D eigenvalue weighted by Gasteiger charge is -2.42. The van der Waals surface area contributed by atoms with Gasteiger partial charge in [-0.25, -0.2) is 4.79 Å². The number of nitrogens with zero attached hydrogens (tertiary/aromatic N) is 1. The van der Waals surface area contributed by atoms with Gasteiger partial charge in [0.1, 0.15) is 17.5 Å². The Balaban J connectivity index is 2.48. The van der Waals surface area contributed by atoms with Crippen LogP contribution < -0.4 is 15.4 Å². The Bertz CT molecular complexity index is 578. The third-order valence-electron chi connectivity index (χ3n) is 3.39. The standard InChI is InChI=1S/C14H17N3O3/c1-14(2)12(18)11(17-13(19)16-3)9-6-8(7-15)4-5-10(9)20-14/h4-6,11-12,18H,1-3H3,(H2,16,17,19)/t11-,12+/m1/s1. The summed E-state index contributed by atoms with van der Waals surface area (Å²) in [6.45, 7) is 3.49. The second-order valence-corrected chi connectivity index (χ2v) is 5.22. The summed E-state index contributed by atoms with van der Waals surface area (Å²) in [5.74, 6) is 0.556. The average Bonchev–Trinajstić information content (AvgIpc) is 2.43. The molecule has 6 nitrogen and oxygen atoms in total. The summed E-state index contributed by atoms with van der Waals surface area (Å²) in [7, 11) is 1.50. The number of nitriles is 1. The van der Waals surface area contributed by atoms with Crippen LogP contribution in [0.3, 0.4) is 0 Å². The zero-order chi connectivity index (χ0) is 14.9. The number of aliphatic hydroxyl groups excluding tert-OH is 1. The van der Waals surface area contributed by atoms with Crippen LogP contribution in [0.5, 0.6) is 5.75 Å². The Morgan fingerprint density at radius 2 is 2.20 bits per heavy atom. The number of nitrogens with one attached hydrogen (secondary N) is 2. The number of ether oxygens (including phenoxy) is 1. The lowest BCUT2D eigenvalue weighted by atomic mass is 9.86. The molecule has 0 saturated heterocycles. The van der Waals surface area contributed by atoms with Gasteiger partial charge in [-0.2, -0.15) is 5.26 Å². The quantitative estimate of drug-likeness (QED) is 0.714. The zero-order valence-corrected chi connectivity index (χ0v) is 11.6. The van der Waals surface area contributed by atoms with Crippen molar-refractivity contribution in [1.82, 2.24) is 10.6 Å². The van der Waals surface area contributed by atoms with Gasteiger partial charge in [0.2, 0.25) is 0 Å². The summed E-state index contributed by atoms with van der Waals surface area (Å²) in [6.07, 6.45) is -0.929. The van der Waals surface area contributed by atoms with E-state index in [1.165, 1.54) is 7.05 Å². The van der Waals surface area contributed by atoms with Crippen molar-refractivity contribution in [1.29, 1.82) is 5.26 Å². The molecule has 6 heteroatoms. The number of aliphatic hydroxyl groups is 1. The van der Waals surface area contributed by atoms with E-state index >= 15 is 0 Å².